The Kier molecular flexibility index (Phi) is 3.84. The third-order valence-electron chi connectivity index (χ3n) is 3.76. The Morgan fingerprint density at radius 3 is 2.29 bits per heavy atom. The van der Waals surface area contributed by atoms with Gasteiger partial charge in [-0.15, -0.1) is 0 Å². The van der Waals surface area contributed by atoms with Gasteiger partial charge in [0.15, 0.2) is 0 Å². The summed E-state index contributed by atoms with van der Waals surface area (Å²) in [5, 5.41) is 0. The van der Waals surface area contributed by atoms with E-state index in [0.717, 1.165) is 11.1 Å². The van der Waals surface area contributed by atoms with Crippen molar-refractivity contribution in [3.05, 3.63) is 65.1 Å². The van der Waals surface area contributed by atoms with Crippen molar-refractivity contribution in [1.29, 1.82) is 0 Å². The maximum absolute atomic E-state index is 13.3. The van der Waals surface area contributed by atoms with Crippen LogP contribution in [0.5, 0.6) is 0 Å². The van der Waals surface area contributed by atoms with Crippen molar-refractivity contribution < 1.29 is 21.2 Å². The number of carbonyl (C=O) groups excluding carboxylic acids is 2. The first-order valence-electron chi connectivity index (χ1n) is 10.0. The molecule has 24 heavy (non-hydrogen) atoms. The van der Waals surface area contributed by atoms with Crippen LogP contribution >= 0.6 is 0 Å². The quantitative estimate of drug-likeness (QED) is 0.789. The van der Waals surface area contributed by atoms with Crippen LogP contribution < -0.4 is 4.90 Å². The molecule has 4 nitrogen and oxygen atoms in total. The fourth-order valence-corrected chi connectivity index (χ4v) is 2.60. The van der Waals surface area contributed by atoms with Crippen molar-refractivity contribution in [2.45, 2.75) is 33.2 Å². The summed E-state index contributed by atoms with van der Waals surface area (Å²) in [6.45, 7) is 5.13. The Bertz CT molecular complexity index is 928. The molecule has 0 radical (unpaired) electrons. The van der Waals surface area contributed by atoms with E-state index >= 15 is 0 Å². The molecule has 126 valence electrons. The number of rotatable bonds is 5. The second kappa shape index (κ2) is 7.77. The van der Waals surface area contributed by atoms with Crippen LogP contribution in [0.25, 0.3) is 0 Å². The topological polar surface area (TPSA) is 46.6 Å². The van der Waals surface area contributed by atoms with Crippen LogP contribution in [0.15, 0.2) is 48.4 Å². The number of hydrogen-bond donors (Lipinski definition) is 0. The van der Waals surface area contributed by atoms with Gasteiger partial charge in [0, 0.05) is 0 Å². The minimum absolute atomic E-state index is 0.116. The lowest BCUT2D eigenvalue weighted by molar-refractivity contribution is -0.143. The summed E-state index contributed by atoms with van der Waals surface area (Å²) in [7, 11) is 1.22. The number of hydrogen-bond acceptors (Lipinski definition) is 3. The number of ether oxygens (including phenoxy) is 1. The predicted octanol–water partition coefficient (Wildman–Crippen LogP) is 3.44. The number of anilines is 1. The molecule has 0 aliphatic carbocycles. The second-order valence-electron chi connectivity index (χ2n) is 5.48. The van der Waals surface area contributed by atoms with E-state index in [2.05, 4.69) is 0 Å². The normalized spacial score (nSPS) is 14.6. The SMILES string of the molecule is [2H]c1c([2H])c([2H])c(CC(=O)N(c2c(C)cccc2C)[C@H](C)C(=O)OC)c([2H])c1[2H]. The summed E-state index contributed by atoms with van der Waals surface area (Å²) in [6, 6.07) is 2.07. The monoisotopic (exact) mass is 330 g/mol. The van der Waals surface area contributed by atoms with Crippen molar-refractivity contribution in [3.8, 4) is 0 Å². The number of nitrogens with zero attached hydrogens (tertiary/aromatic N) is 1. The van der Waals surface area contributed by atoms with E-state index in [9.17, 15) is 9.59 Å². The minimum atomic E-state index is -0.961. The number of aryl methyl sites for hydroxylation is 2. The van der Waals surface area contributed by atoms with Crippen LogP contribution in [0.3, 0.4) is 0 Å². The Hall–Kier alpha value is -2.62. The van der Waals surface area contributed by atoms with Gasteiger partial charge in [0.25, 0.3) is 0 Å². The number of carbonyl (C=O) groups is 2. The van der Waals surface area contributed by atoms with Crippen LogP contribution in [-0.2, 0) is 20.7 Å². The van der Waals surface area contributed by atoms with Crippen LogP contribution in [0, 0.1) is 13.8 Å². The highest BCUT2D eigenvalue weighted by Gasteiger charge is 2.30. The molecule has 0 saturated heterocycles. The molecule has 2 aromatic carbocycles. The Balaban J connectivity index is 2.60. The fraction of sp³-hybridized carbons (Fsp3) is 0.300. The molecular weight excluding hydrogens is 302 g/mol. The van der Waals surface area contributed by atoms with Crippen molar-refractivity contribution in [1.82, 2.24) is 0 Å². The smallest absolute Gasteiger partial charge is 0.328 e. The number of methoxy groups -OCH3 is 1. The molecule has 0 bridgehead atoms. The zero-order valence-corrected chi connectivity index (χ0v) is 14.2. The van der Waals surface area contributed by atoms with Gasteiger partial charge in [-0.3, -0.25) is 9.69 Å². The lowest BCUT2D eigenvalue weighted by atomic mass is 10.0. The molecule has 1 amide bonds. The zero-order chi connectivity index (χ0) is 22.0. The maximum Gasteiger partial charge on any atom is 0.328 e. The first kappa shape index (κ1) is 11.8. The zero-order valence-electron chi connectivity index (χ0n) is 19.2. The lowest BCUT2D eigenvalue weighted by Crippen LogP contribution is -2.45. The van der Waals surface area contributed by atoms with Crippen LogP contribution in [0.2, 0.25) is 0 Å². The highest BCUT2D eigenvalue weighted by Crippen LogP contribution is 2.27. The molecule has 4 heteroatoms. The average Bonchev–Trinajstić information content (AvgIpc) is 2.69. The predicted molar refractivity (Wildman–Crippen MR) is 95.0 cm³/mol. The van der Waals surface area contributed by atoms with E-state index in [0.29, 0.717) is 5.69 Å². The number of para-hydroxylation sites is 1. The molecule has 0 aliphatic heterocycles. The molecule has 0 saturated carbocycles. The summed E-state index contributed by atoms with van der Waals surface area (Å²) in [6.07, 6.45) is -0.454. The minimum Gasteiger partial charge on any atom is -0.467 e. The summed E-state index contributed by atoms with van der Waals surface area (Å²) < 4.78 is 44.2. The van der Waals surface area contributed by atoms with Crippen LogP contribution in [-0.4, -0.2) is 25.0 Å². The first-order chi connectivity index (χ1) is 13.5. The molecule has 0 N–H and O–H groups in total. The third kappa shape index (κ3) is 3.82. The highest BCUT2D eigenvalue weighted by atomic mass is 16.5. The van der Waals surface area contributed by atoms with Crippen molar-refractivity contribution >= 4 is 17.6 Å². The van der Waals surface area contributed by atoms with E-state index in [4.69, 9.17) is 11.6 Å². The Labute approximate surface area is 150 Å². The lowest BCUT2D eigenvalue weighted by Gasteiger charge is -2.30. The number of esters is 1. The van der Waals surface area contributed by atoms with Crippen LogP contribution in [0.4, 0.5) is 5.69 Å². The van der Waals surface area contributed by atoms with Gasteiger partial charge in [-0.1, -0.05) is 48.4 Å². The van der Waals surface area contributed by atoms with Gasteiger partial charge in [-0.2, -0.15) is 0 Å². The molecule has 2 rings (SSSR count). The van der Waals surface area contributed by atoms with Crippen molar-refractivity contribution in [2.75, 3.05) is 12.0 Å². The van der Waals surface area contributed by atoms with E-state index in [1.165, 1.54) is 18.9 Å². The largest absolute Gasteiger partial charge is 0.467 e. The summed E-state index contributed by atoms with van der Waals surface area (Å²) in [5.74, 6) is -1.19. The molecule has 0 fully saturated rings. The summed E-state index contributed by atoms with van der Waals surface area (Å²) in [4.78, 5) is 26.8. The average molecular weight is 330 g/mol. The second-order valence-corrected chi connectivity index (χ2v) is 5.48. The molecule has 0 spiro atoms. The van der Waals surface area contributed by atoms with Gasteiger partial charge in [-0.05, 0) is 37.5 Å². The molecule has 1 atom stereocenters. The first-order valence-corrected chi connectivity index (χ1v) is 7.54. The van der Waals surface area contributed by atoms with E-state index in [1.807, 2.05) is 6.07 Å². The highest BCUT2D eigenvalue weighted by molar-refractivity contribution is 6.01. The third-order valence-corrected chi connectivity index (χ3v) is 3.76. The molecule has 2 aromatic rings. The van der Waals surface area contributed by atoms with Gasteiger partial charge in [0.1, 0.15) is 6.04 Å². The molecule has 0 aromatic heterocycles. The van der Waals surface area contributed by atoms with Gasteiger partial charge in [0.2, 0.25) is 5.91 Å². The van der Waals surface area contributed by atoms with E-state index in [-0.39, 0.29) is 5.56 Å². The van der Waals surface area contributed by atoms with E-state index < -0.39 is 54.6 Å². The van der Waals surface area contributed by atoms with Crippen LogP contribution in [0.1, 0.15) is 30.5 Å². The maximum atomic E-state index is 13.3. The molecular formula is C20H23NO3. The Morgan fingerprint density at radius 1 is 1.17 bits per heavy atom. The van der Waals surface area contributed by atoms with Crippen molar-refractivity contribution in [2.24, 2.45) is 0 Å². The molecule has 0 heterocycles. The summed E-state index contributed by atoms with van der Waals surface area (Å²) in [5.41, 5.74) is 1.93. The molecule has 0 aliphatic rings. The van der Waals surface area contributed by atoms with Gasteiger partial charge in [-0.25, -0.2) is 4.79 Å². The van der Waals surface area contributed by atoms with Crippen molar-refractivity contribution in [3.63, 3.8) is 0 Å². The van der Waals surface area contributed by atoms with Gasteiger partial charge < -0.3 is 4.74 Å². The standard InChI is InChI=1S/C20H23NO3/c1-14-9-8-10-15(2)19(14)21(16(3)20(23)24-4)18(22)13-17-11-6-5-7-12-17/h5-12,16H,13H2,1-4H3/t16-/m1/s1/i5D,6D,7D,11D,12D. The number of amides is 1. The Morgan fingerprint density at radius 2 is 1.75 bits per heavy atom. The summed E-state index contributed by atoms with van der Waals surface area (Å²) >= 11 is 0. The van der Waals surface area contributed by atoms with Gasteiger partial charge in [0.05, 0.1) is 26.1 Å². The molecule has 0 unspecified atom stereocenters. The van der Waals surface area contributed by atoms with E-state index in [1.54, 1.807) is 26.0 Å². The van der Waals surface area contributed by atoms with Gasteiger partial charge >= 0.3 is 5.97 Å². The number of benzene rings is 2. The fourth-order valence-electron chi connectivity index (χ4n) is 2.60.